The van der Waals surface area contributed by atoms with Gasteiger partial charge in [-0.1, -0.05) is 18.2 Å². The molecule has 0 aliphatic carbocycles. The Hall–Kier alpha value is -2.43. The minimum absolute atomic E-state index is 0.273. The van der Waals surface area contributed by atoms with E-state index < -0.39 is 0 Å². The van der Waals surface area contributed by atoms with Crippen LogP contribution in [0.3, 0.4) is 0 Å². The van der Waals surface area contributed by atoms with E-state index in [0.29, 0.717) is 0 Å². The van der Waals surface area contributed by atoms with Gasteiger partial charge in [0.25, 0.3) is 0 Å². The van der Waals surface area contributed by atoms with Crippen molar-refractivity contribution in [1.29, 1.82) is 0 Å². The summed E-state index contributed by atoms with van der Waals surface area (Å²) in [6, 6.07) is 7.76. The molecular formula is C11H9N5. The molecule has 0 aliphatic heterocycles. The number of hydrogen-bond acceptors (Lipinski definition) is 4. The largest absolute Gasteiger partial charge is 0.368 e. The molecule has 0 saturated carbocycles. The highest BCUT2D eigenvalue weighted by atomic mass is 15.1. The summed E-state index contributed by atoms with van der Waals surface area (Å²) >= 11 is 0. The topological polar surface area (TPSA) is 80.5 Å². The Kier molecular flexibility index (Phi) is 1.83. The molecule has 0 saturated heterocycles. The van der Waals surface area contributed by atoms with Gasteiger partial charge in [-0.2, -0.15) is 5.10 Å². The molecule has 0 spiro atoms. The Morgan fingerprint density at radius 1 is 1.12 bits per heavy atom. The van der Waals surface area contributed by atoms with Gasteiger partial charge in [-0.25, -0.2) is 9.97 Å². The predicted octanol–water partition coefficient (Wildman–Crippen LogP) is 1.60. The molecule has 3 aromatic rings. The van der Waals surface area contributed by atoms with Gasteiger partial charge in [-0.05, 0) is 6.07 Å². The van der Waals surface area contributed by atoms with Crippen LogP contribution >= 0.6 is 0 Å². The average molecular weight is 211 g/mol. The van der Waals surface area contributed by atoms with Crippen molar-refractivity contribution >= 4 is 16.9 Å². The van der Waals surface area contributed by atoms with Crippen molar-refractivity contribution in [3.05, 3.63) is 36.7 Å². The molecule has 0 atom stereocenters. The summed E-state index contributed by atoms with van der Waals surface area (Å²) in [7, 11) is 0. The SMILES string of the molecule is Nc1nc(-c2cn[nH]c2)c2ccccc2n1. The smallest absolute Gasteiger partial charge is 0.221 e. The Bertz CT molecular complexity index is 630. The Labute approximate surface area is 91.3 Å². The lowest BCUT2D eigenvalue weighted by Gasteiger charge is -2.03. The van der Waals surface area contributed by atoms with E-state index in [-0.39, 0.29) is 5.95 Å². The highest BCUT2D eigenvalue weighted by molar-refractivity contribution is 5.92. The van der Waals surface area contributed by atoms with E-state index in [1.54, 1.807) is 12.4 Å². The summed E-state index contributed by atoms with van der Waals surface area (Å²) in [5, 5.41) is 7.64. The third-order valence-corrected chi connectivity index (χ3v) is 2.39. The van der Waals surface area contributed by atoms with Gasteiger partial charge in [0.1, 0.15) is 0 Å². The highest BCUT2D eigenvalue weighted by Crippen LogP contribution is 2.25. The summed E-state index contributed by atoms with van der Waals surface area (Å²) in [5.41, 5.74) is 8.23. The van der Waals surface area contributed by atoms with E-state index in [0.717, 1.165) is 22.2 Å². The molecule has 5 heteroatoms. The second-order valence-corrected chi connectivity index (χ2v) is 3.43. The van der Waals surface area contributed by atoms with Gasteiger partial charge in [-0.15, -0.1) is 0 Å². The summed E-state index contributed by atoms with van der Waals surface area (Å²) in [5.74, 6) is 0.273. The Morgan fingerprint density at radius 2 is 2.00 bits per heavy atom. The van der Waals surface area contributed by atoms with Crippen molar-refractivity contribution in [1.82, 2.24) is 20.2 Å². The first kappa shape index (κ1) is 8.84. The fourth-order valence-corrected chi connectivity index (χ4v) is 1.70. The van der Waals surface area contributed by atoms with Crippen molar-refractivity contribution < 1.29 is 0 Å². The quantitative estimate of drug-likeness (QED) is 0.640. The van der Waals surface area contributed by atoms with Crippen molar-refractivity contribution in [2.45, 2.75) is 0 Å². The molecule has 3 rings (SSSR count). The number of anilines is 1. The molecule has 0 aliphatic rings. The number of nitrogen functional groups attached to an aromatic ring is 1. The molecule has 2 aromatic heterocycles. The molecule has 78 valence electrons. The zero-order chi connectivity index (χ0) is 11.0. The van der Waals surface area contributed by atoms with Crippen LogP contribution in [0.25, 0.3) is 22.2 Å². The number of aromatic nitrogens is 4. The van der Waals surface area contributed by atoms with E-state index in [4.69, 9.17) is 5.73 Å². The van der Waals surface area contributed by atoms with Crippen LogP contribution < -0.4 is 5.73 Å². The van der Waals surface area contributed by atoms with Crippen molar-refractivity contribution in [3.8, 4) is 11.3 Å². The lowest BCUT2D eigenvalue weighted by Crippen LogP contribution is -1.97. The minimum atomic E-state index is 0.273. The molecular weight excluding hydrogens is 202 g/mol. The average Bonchev–Trinajstić information content (AvgIpc) is 2.81. The van der Waals surface area contributed by atoms with Gasteiger partial charge in [0, 0.05) is 17.1 Å². The number of fused-ring (bicyclic) bond motifs is 1. The summed E-state index contributed by atoms with van der Waals surface area (Å²) < 4.78 is 0. The van der Waals surface area contributed by atoms with Crippen LogP contribution in [0, 0.1) is 0 Å². The van der Waals surface area contributed by atoms with Gasteiger partial charge in [0.15, 0.2) is 0 Å². The van der Waals surface area contributed by atoms with E-state index >= 15 is 0 Å². The number of nitrogens with one attached hydrogen (secondary N) is 1. The summed E-state index contributed by atoms with van der Waals surface area (Å²) in [6.07, 6.45) is 3.50. The maximum absolute atomic E-state index is 5.68. The number of nitrogens with two attached hydrogens (primary N) is 1. The normalized spacial score (nSPS) is 10.8. The van der Waals surface area contributed by atoms with Gasteiger partial charge >= 0.3 is 0 Å². The lowest BCUT2D eigenvalue weighted by molar-refractivity contribution is 1.09. The van der Waals surface area contributed by atoms with Crippen LogP contribution in [0.15, 0.2) is 36.7 Å². The van der Waals surface area contributed by atoms with Crippen LogP contribution in [0.1, 0.15) is 0 Å². The van der Waals surface area contributed by atoms with Crippen LogP contribution in [-0.2, 0) is 0 Å². The third-order valence-electron chi connectivity index (χ3n) is 2.39. The fourth-order valence-electron chi connectivity index (χ4n) is 1.70. The maximum atomic E-state index is 5.68. The number of H-pyrrole nitrogens is 1. The zero-order valence-electron chi connectivity index (χ0n) is 8.38. The predicted molar refractivity (Wildman–Crippen MR) is 61.5 cm³/mol. The molecule has 0 unspecified atom stereocenters. The Morgan fingerprint density at radius 3 is 2.81 bits per heavy atom. The zero-order valence-corrected chi connectivity index (χ0v) is 8.38. The lowest BCUT2D eigenvalue weighted by atomic mass is 10.1. The molecule has 5 nitrogen and oxygen atoms in total. The summed E-state index contributed by atoms with van der Waals surface area (Å²) in [6.45, 7) is 0. The first-order valence-electron chi connectivity index (χ1n) is 4.86. The molecule has 16 heavy (non-hydrogen) atoms. The molecule has 0 radical (unpaired) electrons. The molecule has 0 amide bonds. The fraction of sp³-hybridized carbons (Fsp3) is 0. The van der Waals surface area contributed by atoms with E-state index in [1.165, 1.54) is 0 Å². The number of benzene rings is 1. The molecule has 0 bridgehead atoms. The maximum Gasteiger partial charge on any atom is 0.221 e. The van der Waals surface area contributed by atoms with Crippen LogP contribution in [0.4, 0.5) is 5.95 Å². The van der Waals surface area contributed by atoms with Gasteiger partial charge < -0.3 is 5.73 Å². The second kappa shape index (κ2) is 3.30. The standard InChI is InChI=1S/C11H9N5/c12-11-15-9-4-2-1-3-8(9)10(16-11)7-5-13-14-6-7/h1-6H,(H,13,14)(H2,12,15,16). The highest BCUT2D eigenvalue weighted by Gasteiger charge is 2.08. The number of hydrogen-bond donors (Lipinski definition) is 2. The Balaban J connectivity index is 2.39. The number of para-hydroxylation sites is 1. The molecule has 1 aromatic carbocycles. The van der Waals surface area contributed by atoms with Gasteiger partial charge in [-0.3, -0.25) is 5.10 Å². The van der Waals surface area contributed by atoms with Crippen molar-refractivity contribution in [3.63, 3.8) is 0 Å². The number of nitrogens with zero attached hydrogens (tertiary/aromatic N) is 3. The van der Waals surface area contributed by atoms with Gasteiger partial charge in [0.05, 0.1) is 17.4 Å². The van der Waals surface area contributed by atoms with E-state index in [1.807, 2.05) is 24.3 Å². The molecule has 3 N–H and O–H groups in total. The van der Waals surface area contributed by atoms with Crippen molar-refractivity contribution in [2.24, 2.45) is 0 Å². The summed E-state index contributed by atoms with van der Waals surface area (Å²) in [4.78, 5) is 8.43. The molecule has 2 heterocycles. The van der Waals surface area contributed by atoms with Crippen LogP contribution in [0.5, 0.6) is 0 Å². The minimum Gasteiger partial charge on any atom is -0.368 e. The van der Waals surface area contributed by atoms with Gasteiger partial charge in [0.2, 0.25) is 5.95 Å². The monoisotopic (exact) mass is 211 g/mol. The first-order valence-corrected chi connectivity index (χ1v) is 4.86. The third kappa shape index (κ3) is 1.30. The van der Waals surface area contributed by atoms with Crippen molar-refractivity contribution in [2.75, 3.05) is 5.73 Å². The number of rotatable bonds is 1. The molecule has 0 fully saturated rings. The van der Waals surface area contributed by atoms with E-state index in [2.05, 4.69) is 20.2 Å². The van der Waals surface area contributed by atoms with Crippen LogP contribution in [-0.4, -0.2) is 20.2 Å². The number of aromatic amines is 1. The van der Waals surface area contributed by atoms with E-state index in [9.17, 15) is 0 Å². The second-order valence-electron chi connectivity index (χ2n) is 3.43. The van der Waals surface area contributed by atoms with Crippen LogP contribution in [0.2, 0.25) is 0 Å². The first-order chi connectivity index (χ1) is 7.84.